The smallest absolute Gasteiger partial charge is 0.257 e. The van der Waals surface area contributed by atoms with Crippen LogP contribution in [0.4, 0.5) is 0 Å². The zero-order valence-corrected chi connectivity index (χ0v) is 18.4. The Labute approximate surface area is 182 Å². The van der Waals surface area contributed by atoms with Gasteiger partial charge >= 0.3 is 0 Å². The Hall–Kier alpha value is -2.79. The molecule has 3 rings (SSSR count). The molecule has 1 aliphatic rings. The van der Waals surface area contributed by atoms with Crippen molar-refractivity contribution in [2.75, 3.05) is 27.2 Å². The number of methoxy groups -OCH3 is 1. The monoisotopic (exact) mass is 426 g/mol. The van der Waals surface area contributed by atoms with Gasteiger partial charge in [0, 0.05) is 36.4 Å². The quantitative estimate of drug-likeness (QED) is 0.662. The average molecular weight is 427 g/mol. The van der Waals surface area contributed by atoms with Crippen LogP contribution < -0.4 is 4.74 Å². The zero-order valence-electron chi connectivity index (χ0n) is 17.7. The summed E-state index contributed by atoms with van der Waals surface area (Å²) in [5.41, 5.74) is 2.96. The van der Waals surface area contributed by atoms with Crippen molar-refractivity contribution in [3.05, 3.63) is 70.4 Å². The van der Waals surface area contributed by atoms with Gasteiger partial charge in [0.05, 0.1) is 13.5 Å². The van der Waals surface area contributed by atoms with Crippen LogP contribution in [0, 0.1) is 0 Å². The molecule has 0 spiro atoms. The predicted molar refractivity (Wildman–Crippen MR) is 120 cm³/mol. The van der Waals surface area contributed by atoms with E-state index < -0.39 is 0 Å². The summed E-state index contributed by atoms with van der Waals surface area (Å²) >= 11 is 5.95. The van der Waals surface area contributed by atoms with E-state index in [-0.39, 0.29) is 18.2 Å². The van der Waals surface area contributed by atoms with E-state index in [4.69, 9.17) is 16.3 Å². The highest BCUT2D eigenvalue weighted by Gasteiger charge is 2.23. The van der Waals surface area contributed by atoms with E-state index in [9.17, 15) is 9.59 Å². The normalized spacial score (nSPS) is 14.3. The largest absolute Gasteiger partial charge is 0.497 e. The second kappa shape index (κ2) is 9.81. The van der Waals surface area contributed by atoms with Gasteiger partial charge in [0.15, 0.2) is 0 Å². The molecule has 5 nitrogen and oxygen atoms in total. The summed E-state index contributed by atoms with van der Waals surface area (Å²) in [5.74, 6) is 0.633. The van der Waals surface area contributed by atoms with Gasteiger partial charge in [-0.3, -0.25) is 9.59 Å². The molecule has 1 saturated heterocycles. The zero-order chi connectivity index (χ0) is 21.7. The fraction of sp³-hybridized carbons (Fsp3) is 0.333. The van der Waals surface area contributed by atoms with Gasteiger partial charge in [-0.1, -0.05) is 23.7 Å². The van der Waals surface area contributed by atoms with Gasteiger partial charge in [-0.2, -0.15) is 0 Å². The van der Waals surface area contributed by atoms with Crippen molar-refractivity contribution in [1.82, 2.24) is 9.80 Å². The van der Waals surface area contributed by atoms with Crippen molar-refractivity contribution >= 4 is 29.0 Å². The van der Waals surface area contributed by atoms with Gasteiger partial charge < -0.3 is 14.5 Å². The number of ether oxygens (including phenoxy) is 1. The average Bonchev–Trinajstić information content (AvgIpc) is 3.31. The maximum Gasteiger partial charge on any atom is 0.257 e. The standard InChI is InChI=1S/C24H27ClN2O3/c1-17(26(2)24(29)18-9-11-20(25)12-10-18)22(16-23(28)27-13-4-5-14-27)19-7-6-8-21(15-19)30-3/h6-12,15H,4-5,13-14,16H2,1-3H3. The molecular weight excluding hydrogens is 400 g/mol. The van der Waals surface area contributed by atoms with Crippen LogP contribution in [0.5, 0.6) is 5.75 Å². The van der Waals surface area contributed by atoms with Crippen LogP contribution in [0.25, 0.3) is 5.57 Å². The molecule has 0 aliphatic carbocycles. The Morgan fingerprint density at radius 2 is 1.73 bits per heavy atom. The third-order valence-corrected chi connectivity index (χ3v) is 5.79. The van der Waals surface area contributed by atoms with E-state index in [1.54, 1.807) is 43.3 Å². The first kappa shape index (κ1) is 21.9. The number of benzene rings is 2. The summed E-state index contributed by atoms with van der Waals surface area (Å²) in [6, 6.07) is 14.4. The molecule has 2 aromatic carbocycles. The van der Waals surface area contributed by atoms with Crippen molar-refractivity contribution in [3.8, 4) is 5.75 Å². The first-order chi connectivity index (χ1) is 14.4. The summed E-state index contributed by atoms with van der Waals surface area (Å²) in [7, 11) is 3.34. The van der Waals surface area contributed by atoms with E-state index in [1.165, 1.54) is 0 Å². The highest BCUT2D eigenvalue weighted by atomic mass is 35.5. The third kappa shape index (κ3) is 5.03. The van der Waals surface area contributed by atoms with Gasteiger partial charge in [0.25, 0.3) is 5.91 Å². The van der Waals surface area contributed by atoms with Crippen LogP contribution in [0.2, 0.25) is 5.02 Å². The van der Waals surface area contributed by atoms with Gasteiger partial charge in [-0.05, 0) is 67.3 Å². The topological polar surface area (TPSA) is 49.9 Å². The van der Waals surface area contributed by atoms with Crippen LogP contribution in [0.1, 0.15) is 42.1 Å². The number of likely N-dealkylation sites (tertiary alicyclic amines) is 1. The molecule has 1 fully saturated rings. The predicted octanol–water partition coefficient (Wildman–Crippen LogP) is 4.86. The van der Waals surface area contributed by atoms with Crippen LogP contribution in [-0.4, -0.2) is 48.9 Å². The number of amides is 2. The van der Waals surface area contributed by atoms with Crippen molar-refractivity contribution < 1.29 is 14.3 Å². The number of hydrogen-bond acceptors (Lipinski definition) is 3. The summed E-state index contributed by atoms with van der Waals surface area (Å²) in [6.45, 7) is 3.46. The number of allylic oxidation sites excluding steroid dienone is 1. The lowest BCUT2D eigenvalue weighted by molar-refractivity contribution is -0.129. The molecule has 0 atom stereocenters. The summed E-state index contributed by atoms with van der Waals surface area (Å²) in [6.07, 6.45) is 2.31. The minimum Gasteiger partial charge on any atom is -0.497 e. The number of carbonyl (C=O) groups is 2. The molecule has 0 aromatic heterocycles. The van der Waals surface area contributed by atoms with Crippen LogP contribution in [0.3, 0.4) is 0 Å². The molecule has 0 radical (unpaired) electrons. The second-order valence-corrected chi connectivity index (χ2v) is 7.87. The first-order valence-corrected chi connectivity index (χ1v) is 10.4. The lowest BCUT2D eigenvalue weighted by Gasteiger charge is -2.24. The number of halogens is 1. The van der Waals surface area contributed by atoms with E-state index in [1.807, 2.05) is 36.1 Å². The molecule has 0 N–H and O–H groups in total. The molecule has 2 aromatic rings. The maximum atomic E-state index is 13.0. The fourth-order valence-electron chi connectivity index (χ4n) is 3.62. The van der Waals surface area contributed by atoms with E-state index >= 15 is 0 Å². The number of rotatable bonds is 6. The number of hydrogen-bond donors (Lipinski definition) is 0. The Bertz CT molecular complexity index is 947. The van der Waals surface area contributed by atoms with Gasteiger partial charge in [0.1, 0.15) is 5.75 Å². The molecule has 0 unspecified atom stereocenters. The third-order valence-electron chi connectivity index (χ3n) is 5.54. The Morgan fingerprint density at radius 1 is 1.07 bits per heavy atom. The lowest BCUT2D eigenvalue weighted by atomic mass is 9.99. The molecule has 1 heterocycles. The van der Waals surface area contributed by atoms with Crippen LogP contribution in [0.15, 0.2) is 54.2 Å². The van der Waals surface area contributed by atoms with Gasteiger partial charge in [0.2, 0.25) is 5.91 Å². The number of nitrogens with zero attached hydrogens (tertiary/aromatic N) is 2. The lowest BCUT2D eigenvalue weighted by Crippen LogP contribution is -2.29. The maximum absolute atomic E-state index is 13.0. The molecule has 0 saturated carbocycles. The highest BCUT2D eigenvalue weighted by molar-refractivity contribution is 6.30. The second-order valence-electron chi connectivity index (χ2n) is 7.43. The van der Waals surface area contributed by atoms with Gasteiger partial charge in [-0.15, -0.1) is 0 Å². The molecular formula is C24H27ClN2O3. The first-order valence-electron chi connectivity index (χ1n) is 10.1. The number of carbonyl (C=O) groups excluding carboxylic acids is 2. The van der Waals surface area contributed by atoms with E-state index in [2.05, 4.69) is 0 Å². The molecule has 0 bridgehead atoms. The van der Waals surface area contributed by atoms with Crippen molar-refractivity contribution in [1.29, 1.82) is 0 Å². The molecule has 1 aliphatic heterocycles. The van der Waals surface area contributed by atoms with E-state index in [0.717, 1.165) is 42.8 Å². The summed E-state index contributed by atoms with van der Waals surface area (Å²) < 4.78 is 5.37. The van der Waals surface area contributed by atoms with Gasteiger partial charge in [-0.25, -0.2) is 0 Å². The van der Waals surface area contributed by atoms with Crippen molar-refractivity contribution in [3.63, 3.8) is 0 Å². The fourth-order valence-corrected chi connectivity index (χ4v) is 3.75. The van der Waals surface area contributed by atoms with Crippen LogP contribution in [-0.2, 0) is 4.79 Å². The Morgan fingerprint density at radius 3 is 2.37 bits per heavy atom. The molecule has 6 heteroatoms. The van der Waals surface area contributed by atoms with E-state index in [0.29, 0.717) is 16.3 Å². The van der Waals surface area contributed by atoms with Crippen LogP contribution >= 0.6 is 11.6 Å². The minimum absolute atomic E-state index is 0.0806. The Balaban J connectivity index is 1.96. The molecule has 2 amide bonds. The molecule has 158 valence electrons. The van der Waals surface area contributed by atoms with Crippen molar-refractivity contribution in [2.24, 2.45) is 0 Å². The SMILES string of the molecule is COc1cccc(C(CC(=O)N2CCCC2)=C(C)N(C)C(=O)c2ccc(Cl)cc2)c1. The summed E-state index contributed by atoms with van der Waals surface area (Å²) in [5, 5.41) is 0.578. The summed E-state index contributed by atoms with van der Waals surface area (Å²) in [4.78, 5) is 29.4. The minimum atomic E-state index is -0.154. The highest BCUT2D eigenvalue weighted by Crippen LogP contribution is 2.29. The molecule has 30 heavy (non-hydrogen) atoms. The van der Waals surface area contributed by atoms with Crippen molar-refractivity contribution in [2.45, 2.75) is 26.2 Å². The Kier molecular flexibility index (Phi) is 7.16.